The van der Waals surface area contributed by atoms with E-state index in [4.69, 9.17) is 19.2 Å². The van der Waals surface area contributed by atoms with E-state index in [1.807, 2.05) is 50.2 Å². The maximum absolute atomic E-state index is 13.8. The van der Waals surface area contributed by atoms with E-state index in [1.165, 1.54) is 0 Å². The number of ether oxygens (including phenoxy) is 3. The molecule has 0 amide bonds. The number of aryl methyl sites for hydroxylation is 1. The summed E-state index contributed by atoms with van der Waals surface area (Å²) in [5.74, 6) is -0.0206. The van der Waals surface area contributed by atoms with Gasteiger partial charge in [-0.25, -0.2) is 0 Å². The van der Waals surface area contributed by atoms with E-state index < -0.39 is 11.8 Å². The lowest BCUT2D eigenvalue weighted by molar-refractivity contribution is -0.146. The number of carbonyl (C=O) groups is 2. The fourth-order valence-corrected chi connectivity index (χ4v) is 5.34. The fourth-order valence-electron chi connectivity index (χ4n) is 5.34. The van der Waals surface area contributed by atoms with Crippen LogP contribution in [0.4, 0.5) is 0 Å². The van der Waals surface area contributed by atoms with Gasteiger partial charge in [0.05, 0.1) is 20.8 Å². The lowest BCUT2D eigenvalue weighted by Gasteiger charge is -2.36. The number of methoxy groups -OCH3 is 2. The van der Waals surface area contributed by atoms with Crippen molar-refractivity contribution in [1.82, 2.24) is 0 Å². The van der Waals surface area contributed by atoms with Gasteiger partial charge < -0.3 is 14.2 Å². The van der Waals surface area contributed by atoms with E-state index in [0.717, 1.165) is 35.2 Å². The summed E-state index contributed by atoms with van der Waals surface area (Å²) in [6, 6.07) is 13.9. The number of Topliss-reactive ketones (excluding diaryl/α,β-unsaturated/α-hetero) is 1. The van der Waals surface area contributed by atoms with E-state index >= 15 is 0 Å². The lowest BCUT2D eigenvalue weighted by atomic mass is 9.69. The third-order valence-corrected chi connectivity index (χ3v) is 7.16. The minimum atomic E-state index is -0.607. The molecule has 6 nitrogen and oxygen atoms in total. The first kappa shape index (κ1) is 25.7. The van der Waals surface area contributed by atoms with E-state index in [2.05, 4.69) is 13.0 Å². The monoisotopic (exact) mass is 489 g/mol. The zero-order chi connectivity index (χ0) is 25.8. The van der Waals surface area contributed by atoms with Crippen LogP contribution in [-0.4, -0.2) is 38.3 Å². The van der Waals surface area contributed by atoms with Gasteiger partial charge in [-0.2, -0.15) is 0 Å². The third-order valence-electron chi connectivity index (χ3n) is 7.16. The highest BCUT2D eigenvalue weighted by atomic mass is 16.5. The molecule has 1 aliphatic carbocycles. The molecular formula is C30H35NO5. The number of nitrogens with zero attached hydrogens (tertiary/aromatic N) is 1. The second-order valence-corrected chi connectivity index (χ2v) is 9.65. The second kappa shape index (κ2) is 11.1. The van der Waals surface area contributed by atoms with Crippen molar-refractivity contribution in [2.24, 2.45) is 10.9 Å². The number of esters is 1. The smallest absolute Gasteiger partial charge is 0.315 e. The van der Waals surface area contributed by atoms with Gasteiger partial charge in [0, 0.05) is 29.3 Å². The molecule has 2 aromatic rings. The quantitative estimate of drug-likeness (QED) is 0.339. The SMILES string of the molecule is CCCCOC(=O)C1C(C)=NC2=C(C(=O)C[C@@H](c3ccc(OC)c(OC)c3)C2)[C@H]1c1cccc(C)c1. The van der Waals surface area contributed by atoms with Gasteiger partial charge in [-0.3, -0.25) is 14.6 Å². The number of carbonyl (C=O) groups excluding carboxylic acids is 2. The molecule has 36 heavy (non-hydrogen) atoms. The number of unbranched alkanes of at least 4 members (excludes halogenated alkanes) is 1. The molecule has 0 spiro atoms. The average Bonchev–Trinajstić information content (AvgIpc) is 2.87. The minimum absolute atomic E-state index is 0.0289. The van der Waals surface area contributed by atoms with Crippen molar-refractivity contribution in [3.05, 3.63) is 70.4 Å². The van der Waals surface area contributed by atoms with Gasteiger partial charge in [-0.1, -0.05) is 49.2 Å². The van der Waals surface area contributed by atoms with Crippen LogP contribution >= 0.6 is 0 Å². The van der Waals surface area contributed by atoms with Crippen LogP contribution in [0.2, 0.25) is 0 Å². The summed E-state index contributed by atoms with van der Waals surface area (Å²) in [5.41, 5.74) is 5.16. The standard InChI is InChI=1S/C30H35NO5/c1-6-7-13-36-30(33)27-19(3)31-23-15-22(20-11-12-25(34-4)26(17-20)35-5)16-24(32)29(23)28(27)21-10-8-9-18(2)14-21/h8-12,14,17,22,27-28H,6-7,13,15-16H2,1-5H3/t22-,27?,28-/m0/s1. The van der Waals surface area contributed by atoms with Crippen molar-refractivity contribution in [3.8, 4) is 11.5 Å². The summed E-state index contributed by atoms with van der Waals surface area (Å²) in [5, 5.41) is 0. The summed E-state index contributed by atoms with van der Waals surface area (Å²) >= 11 is 0. The maximum atomic E-state index is 13.8. The molecule has 0 fully saturated rings. The molecule has 0 saturated heterocycles. The number of benzene rings is 2. The Bertz CT molecular complexity index is 1210. The van der Waals surface area contributed by atoms with Gasteiger partial charge in [0.25, 0.3) is 0 Å². The van der Waals surface area contributed by atoms with Gasteiger partial charge in [0.15, 0.2) is 17.3 Å². The van der Waals surface area contributed by atoms with Crippen molar-refractivity contribution >= 4 is 17.5 Å². The second-order valence-electron chi connectivity index (χ2n) is 9.65. The zero-order valence-corrected chi connectivity index (χ0v) is 21.8. The molecule has 6 heteroatoms. The Labute approximate surface area is 213 Å². The van der Waals surface area contributed by atoms with Gasteiger partial charge >= 0.3 is 5.97 Å². The Morgan fingerprint density at radius 3 is 2.47 bits per heavy atom. The van der Waals surface area contributed by atoms with Crippen LogP contribution < -0.4 is 9.47 Å². The molecule has 0 aromatic heterocycles. The van der Waals surface area contributed by atoms with E-state index in [-0.39, 0.29) is 17.7 Å². The number of aliphatic imine (C=N–C) groups is 1. The van der Waals surface area contributed by atoms with Gasteiger partial charge in [0.2, 0.25) is 0 Å². The number of ketones is 1. The lowest BCUT2D eigenvalue weighted by Crippen LogP contribution is -2.38. The molecule has 3 atom stereocenters. The van der Waals surface area contributed by atoms with Crippen LogP contribution in [-0.2, 0) is 14.3 Å². The number of hydrogen-bond acceptors (Lipinski definition) is 6. The van der Waals surface area contributed by atoms with Crippen molar-refractivity contribution < 1.29 is 23.8 Å². The van der Waals surface area contributed by atoms with E-state index in [9.17, 15) is 9.59 Å². The first-order chi connectivity index (χ1) is 17.4. The molecule has 0 saturated carbocycles. The highest BCUT2D eigenvalue weighted by molar-refractivity contribution is 6.09. The highest BCUT2D eigenvalue weighted by Gasteiger charge is 2.44. The predicted molar refractivity (Wildman–Crippen MR) is 140 cm³/mol. The van der Waals surface area contributed by atoms with Gasteiger partial charge in [-0.15, -0.1) is 0 Å². The van der Waals surface area contributed by atoms with Crippen LogP contribution in [0, 0.1) is 12.8 Å². The molecular weight excluding hydrogens is 454 g/mol. The molecule has 2 aromatic carbocycles. The van der Waals surface area contributed by atoms with Crippen molar-refractivity contribution in [3.63, 3.8) is 0 Å². The van der Waals surface area contributed by atoms with Crippen LogP contribution in [0.3, 0.4) is 0 Å². The summed E-state index contributed by atoms with van der Waals surface area (Å²) in [6.45, 7) is 6.33. The fraction of sp³-hybridized carbons (Fsp3) is 0.433. The molecule has 0 N–H and O–H groups in total. The molecule has 1 unspecified atom stereocenters. The Balaban J connectivity index is 1.74. The van der Waals surface area contributed by atoms with Crippen LogP contribution in [0.5, 0.6) is 11.5 Å². The topological polar surface area (TPSA) is 74.2 Å². The molecule has 2 aliphatic rings. The molecule has 0 bridgehead atoms. The Kier molecular flexibility index (Phi) is 7.92. The number of allylic oxidation sites excluding steroid dienone is 2. The van der Waals surface area contributed by atoms with E-state index in [0.29, 0.717) is 42.2 Å². The van der Waals surface area contributed by atoms with E-state index in [1.54, 1.807) is 14.2 Å². The molecule has 190 valence electrons. The number of hydrogen-bond donors (Lipinski definition) is 0. The molecule has 1 heterocycles. The van der Waals surface area contributed by atoms with Crippen molar-refractivity contribution in [2.45, 2.75) is 58.3 Å². The van der Waals surface area contributed by atoms with Crippen molar-refractivity contribution in [1.29, 1.82) is 0 Å². The predicted octanol–water partition coefficient (Wildman–Crippen LogP) is 5.93. The molecule has 0 radical (unpaired) electrons. The molecule has 4 rings (SSSR count). The summed E-state index contributed by atoms with van der Waals surface area (Å²) < 4.78 is 16.5. The number of rotatable bonds is 8. The first-order valence-corrected chi connectivity index (χ1v) is 12.6. The van der Waals surface area contributed by atoms with Gasteiger partial charge in [-0.05, 0) is 55.9 Å². The molecule has 1 aliphatic heterocycles. The maximum Gasteiger partial charge on any atom is 0.315 e. The first-order valence-electron chi connectivity index (χ1n) is 12.6. The average molecular weight is 490 g/mol. The van der Waals surface area contributed by atoms with Crippen LogP contribution in [0.15, 0.2) is 58.7 Å². The largest absolute Gasteiger partial charge is 0.493 e. The Morgan fingerprint density at radius 1 is 1.00 bits per heavy atom. The Hall–Kier alpha value is -3.41. The van der Waals surface area contributed by atoms with Crippen molar-refractivity contribution in [2.75, 3.05) is 20.8 Å². The van der Waals surface area contributed by atoms with Gasteiger partial charge in [0.1, 0.15) is 5.92 Å². The minimum Gasteiger partial charge on any atom is -0.493 e. The van der Waals surface area contributed by atoms with Crippen LogP contribution in [0.25, 0.3) is 0 Å². The van der Waals surface area contributed by atoms with Crippen LogP contribution in [0.1, 0.15) is 68.1 Å². The Morgan fingerprint density at radius 2 is 1.78 bits per heavy atom. The third kappa shape index (κ3) is 5.08. The summed E-state index contributed by atoms with van der Waals surface area (Å²) in [4.78, 5) is 31.9. The summed E-state index contributed by atoms with van der Waals surface area (Å²) in [7, 11) is 3.21. The highest BCUT2D eigenvalue weighted by Crippen LogP contribution is 2.47. The normalized spacial score (nSPS) is 21.5. The summed E-state index contributed by atoms with van der Waals surface area (Å²) in [6.07, 6.45) is 2.72. The zero-order valence-electron chi connectivity index (χ0n) is 21.8.